The molecular weight excluding hydrogens is 190 g/mol. The number of rotatable bonds is 2. The first-order chi connectivity index (χ1) is 6.61. The lowest BCUT2D eigenvalue weighted by molar-refractivity contribution is 0.146. The van der Waals surface area contributed by atoms with E-state index in [2.05, 4.69) is 4.98 Å². The molecule has 0 radical (unpaired) electrons. The van der Waals surface area contributed by atoms with Gasteiger partial charge in [0, 0.05) is 11.8 Å². The molecule has 14 heavy (non-hydrogen) atoms. The third kappa shape index (κ3) is 1.64. The van der Waals surface area contributed by atoms with Gasteiger partial charge in [-0.25, -0.2) is 13.8 Å². The number of halogens is 2. The maximum atomic E-state index is 12.4. The number of nitrogens with zero attached hydrogens (tertiary/aromatic N) is 2. The van der Waals surface area contributed by atoms with Crippen LogP contribution < -0.4 is 4.74 Å². The summed E-state index contributed by atoms with van der Waals surface area (Å²) in [6.07, 6.45) is -1.68. The first-order valence-electron chi connectivity index (χ1n) is 3.83. The Balaban J connectivity index is 3.38. The second-order valence-corrected chi connectivity index (χ2v) is 2.63. The van der Waals surface area contributed by atoms with Crippen molar-refractivity contribution < 1.29 is 13.5 Å². The monoisotopic (exact) mass is 198 g/mol. The summed E-state index contributed by atoms with van der Waals surface area (Å²) >= 11 is 0. The van der Waals surface area contributed by atoms with Crippen LogP contribution in [0.25, 0.3) is 0 Å². The molecule has 0 atom stereocenters. The van der Waals surface area contributed by atoms with Gasteiger partial charge in [-0.1, -0.05) is 0 Å². The summed E-state index contributed by atoms with van der Waals surface area (Å²) in [4.78, 5) is 3.61. The fourth-order valence-electron chi connectivity index (χ4n) is 1.15. The second-order valence-electron chi connectivity index (χ2n) is 2.63. The first kappa shape index (κ1) is 10.4. The van der Waals surface area contributed by atoms with Crippen molar-refractivity contribution >= 4 is 0 Å². The molecule has 0 spiro atoms. The van der Waals surface area contributed by atoms with E-state index in [1.54, 1.807) is 6.07 Å². The molecule has 1 heterocycles. The Labute approximate surface area is 79.9 Å². The van der Waals surface area contributed by atoms with E-state index in [0.717, 1.165) is 6.20 Å². The summed E-state index contributed by atoms with van der Waals surface area (Å²) in [5.74, 6) is 0.0338. The number of ether oxygens (including phenoxy) is 1. The maximum absolute atomic E-state index is 12.4. The highest BCUT2D eigenvalue weighted by molar-refractivity contribution is 5.46. The van der Waals surface area contributed by atoms with Crippen molar-refractivity contribution in [2.75, 3.05) is 7.11 Å². The third-order valence-electron chi connectivity index (χ3n) is 1.84. The zero-order valence-corrected chi connectivity index (χ0v) is 7.71. The molecule has 1 aromatic heterocycles. The second kappa shape index (κ2) is 4.01. The lowest BCUT2D eigenvalue weighted by Crippen LogP contribution is -2.00. The smallest absolute Gasteiger partial charge is 0.268 e. The minimum Gasteiger partial charge on any atom is -0.496 e. The van der Waals surface area contributed by atoms with Gasteiger partial charge in [0.05, 0.1) is 12.7 Å². The quantitative estimate of drug-likeness (QED) is 0.731. The molecular formula is C9H8F2N2O. The van der Waals surface area contributed by atoms with Gasteiger partial charge in [0.1, 0.15) is 17.5 Å². The number of hydrogen-bond donors (Lipinski definition) is 0. The summed E-state index contributed by atoms with van der Waals surface area (Å²) in [5.41, 5.74) is 0.156. The highest BCUT2D eigenvalue weighted by Gasteiger charge is 2.18. The highest BCUT2D eigenvalue weighted by Crippen LogP contribution is 2.31. The average Bonchev–Trinajstić information content (AvgIpc) is 2.17. The molecule has 0 aliphatic rings. The predicted molar refractivity (Wildman–Crippen MR) is 45.2 cm³/mol. The summed E-state index contributed by atoms with van der Waals surface area (Å²) in [7, 11) is 1.29. The molecule has 74 valence electrons. The molecule has 1 rings (SSSR count). The SMILES string of the molecule is COc1c(C(F)F)cnc(C#N)c1C. The standard InChI is InChI=1S/C9H8F2N2O/c1-5-7(3-12)13-4-6(9(10)11)8(5)14-2/h4,9H,1-2H3. The maximum Gasteiger partial charge on any atom is 0.268 e. The Kier molecular flexibility index (Phi) is 2.97. The van der Waals surface area contributed by atoms with Gasteiger partial charge in [-0.3, -0.25) is 0 Å². The van der Waals surface area contributed by atoms with Crippen molar-refractivity contribution in [2.45, 2.75) is 13.3 Å². The first-order valence-corrected chi connectivity index (χ1v) is 3.83. The van der Waals surface area contributed by atoms with Crippen LogP contribution in [0.5, 0.6) is 5.75 Å². The van der Waals surface area contributed by atoms with E-state index in [0.29, 0.717) is 5.56 Å². The van der Waals surface area contributed by atoms with Gasteiger partial charge in [-0.15, -0.1) is 0 Å². The molecule has 0 N–H and O–H groups in total. The number of nitriles is 1. The molecule has 0 amide bonds. The molecule has 3 nitrogen and oxygen atoms in total. The predicted octanol–water partition coefficient (Wildman–Crippen LogP) is 2.21. The zero-order valence-electron chi connectivity index (χ0n) is 7.71. The molecule has 0 unspecified atom stereocenters. The summed E-state index contributed by atoms with van der Waals surface area (Å²) < 4.78 is 29.7. The zero-order chi connectivity index (χ0) is 10.7. The van der Waals surface area contributed by atoms with Gasteiger partial charge in [0.15, 0.2) is 0 Å². The van der Waals surface area contributed by atoms with Crippen LogP contribution in [0.4, 0.5) is 8.78 Å². The van der Waals surface area contributed by atoms with Crippen molar-refractivity contribution in [3.8, 4) is 11.8 Å². The van der Waals surface area contributed by atoms with E-state index >= 15 is 0 Å². The Bertz CT molecular complexity index is 385. The van der Waals surface area contributed by atoms with Crippen LogP contribution in [0.2, 0.25) is 0 Å². The Morgan fingerprint density at radius 2 is 2.21 bits per heavy atom. The van der Waals surface area contributed by atoms with E-state index in [-0.39, 0.29) is 17.0 Å². The van der Waals surface area contributed by atoms with Crippen LogP contribution in [0, 0.1) is 18.3 Å². The van der Waals surface area contributed by atoms with Crippen LogP contribution in [-0.4, -0.2) is 12.1 Å². The summed E-state index contributed by atoms with van der Waals surface area (Å²) in [5, 5.41) is 8.61. The Morgan fingerprint density at radius 1 is 1.57 bits per heavy atom. The third-order valence-corrected chi connectivity index (χ3v) is 1.84. The molecule has 0 fully saturated rings. The van der Waals surface area contributed by atoms with Gasteiger partial charge >= 0.3 is 0 Å². The lowest BCUT2D eigenvalue weighted by Gasteiger charge is -2.10. The molecule has 1 aromatic rings. The van der Waals surface area contributed by atoms with Crippen molar-refractivity contribution in [2.24, 2.45) is 0 Å². The van der Waals surface area contributed by atoms with Crippen LogP contribution in [0.15, 0.2) is 6.20 Å². The Hall–Kier alpha value is -1.70. The number of pyridine rings is 1. The van der Waals surface area contributed by atoms with Crippen molar-refractivity contribution in [3.63, 3.8) is 0 Å². The van der Waals surface area contributed by atoms with E-state index < -0.39 is 6.43 Å². The van der Waals surface area contributed by atoms with Crippen LogP contribution in [-0.2, 0) is 0 Å². The molecule has 5 heteroatoms. The van der Waals surface area contributed by atoms with E-state index in [9.17, 15) is 8.78 Å². The lowest BCUT2D eigenvalue weighted by atomic mass is 10.1. The van der Waals surface area contributed by atoms with Crippen LogP contribution in [0.1, 0.15) is 23.2 Å². The molecule has 0 bridgehead atoms. The highest BCUT2D eigenvalue weighted by atomic mass is 19.3. The molecule has 0 saturated carbocycles. The van der Waals surface area contributed by atoms with Gasteiger partial charge in [0.2, 0.25) is 0 Å². The molecule has 0 aliphatic carbocycles. The normalized spacial score (nSPS) is 10.0. The van der Waals surface area contributed by atoms with Crippen LogP contribution in [0.3, 0.4) is 0 Å². The fraction of sp³-hybridized carbons (Fsp3) is 0.333. The molecule has 0 aliphatic heterocycles. The largest absolute Gasteiger partial charge is 0.496 e. The number of aromatic nitrogens is 1. The van der Waals surface area contributed by atoms with Gasteiger partial charge in [0.25, 0.3) is 6.43 Å². The van der Waals surface area contributed by atoms with E-state index in [4.69, 9.17) is 10.00 Å². The van der Waals surface area contributed by atoms with Crippen molar-refractivity contribution in [3.05, 3.63) is 23.0 Å². The fourth-order valence-corrected chi connectivity index (χ4v) is 1.15. The molecule has 0 saturated heterocycles. The summed E-state index contributed by atoms with van der Waals surface area (Å²) in [6.45, 7) is 1.52. The number of hydrogen-bond acceptors (Lipinski definition) is 3. The Morgan fingerprint density at radius 3 is 2.64 bits per heavy atom. The van der Waals surface area contributed by atoms with Gasteiger partial charge in [-0.05, 0) is 6.92 Å². The minimum atomic E-state index is -2.65. The van der Waals surface area contributed by atoms with Gasteiger partial charge in [-0.2, -0.15) is 5.26 Å². The van der Waals surface area contributed by atoms with Crippen LogP contribution >= 0.6 is 0 Å². The summed E-state index contributed by atoms with van der Waals surface area (Å²) in [6, 6.07) is 1.80. The molecule has 0 aromatic carbocycles. The van der Waals surface area contributed by atoms with Crippen molar-refractivity contribution in [1.82, 2.24) is 4.98 Å². The average molecular weight is 198 g/mol. The van der Waals surface area contributed by atoms with E-state index in [1.165, 1.54) is 14.0 Å². The number of alkyl halides is 2. The minimum absolute atomic E-state index is 0.0338. The number of methoxy groups -OCH3 is 1. The van der Waals surface area contributed by atoms with E-state index in [1.807, 2.05) is 0 Å². The van der Waals surface area contributed by atoms with Crippen molar-refractivity contribution in [1.29, 1.82) is 5.26 Å². The van der Waals surface area contributed by atoms with Gasteiger partial charge < -0.3 is 4.74 Å². The topological polar surface area (TPSA) is 45.9 Å².